The number of nitrogens with one attached hydrogen (secondary N) is 2. The molecule has 1 saturated carbocycles. The van der Waals surface area contributed by atoms with Gasteiger partial charge in [0.2, 0.25) is 5.91 Å². The summed E-state index contributed by atoms with van der Waals surface area (Å²) < 4.78 is 11.7. The van der Waals surface area contributed by atoms with E-state index in [0.29, 0.717) is 19.4 Å². The average Bonchev–Trinajstić information content (AvgIpc) is 3.45. The third kappa shape index (κ3) is 14.1. The van der Waals surface area contributed by atoms with Crippen LogP contribution in [-0.4, -0.2) is 61.0 Å². The van der Waals surface area contributed by atoms with Crippen LogP contribution < -0.4 is 10.6 Å². The van der Waals surface area contributed by atoms with Crippen molar-refractivity contribution < 1.29 is 24.2 Å². The van der Waals surface area contributed by atoms with E-state index < -0.39 is 22.7 Å². The molecule has 0 aromatic rings. The Balaban J connectivity index is 2.07. The summed E-state index contributed by atoms with van der Waals surface area (Å²) in [5.74, 6) is -0.485. The molecule has 0 heterocycles. The van der Waals surface area contributed by atoms with Gasteiger partial charge in [-0.25, -0.2) is 0 Å². The molecule has 40 heavy (non-hydrogen) atoms. The minimum absolute atomic E-state index is 0.00811. The number of carbonyl (C=O) groups excluding carboxylic acids is 2. The van der Waals surface area contributed by atoms with Crippen molar-refractivity contribution in [3.63, 3.8) is 0 Å². The SMILES string of the molecule is CCCCCCCCCCCCCCCCCCNC(=O)C(COC(=O)C1(C)CC1(C)OC(C)(C)CCO)NC. The van der Waals surface area contributed by atoms with E-state index in [2.05, 4.69) is 17.6 Å². The number of ether oxygens (including phenoxy) is 2. The van der Waals surface area contributed by atoms with E-state index in [1.807, 2.05) is 27.7 Å². The van der Waals surface area contributed by atoms with Crippen LogP contribution in [0, 0.1) is 5.41 Å². The van der Waals surface area contributed by atoms with E-state index in [1.165, 1.54) is 89.9 Å². The van der Waals surface area contributed by atoms with Gasteiger partial charge in [-0.15, -0.1) is 0 Å². The van der Waals surface area contributed by atoms with E-state index in [9.17, 15) is 14.7 Å². The number of carbonyl (C=O) groups is 2. The molecule has 1 rings (SSSR count). The van der Waals surface area contributed by atoms with Crippen molar-refractivity contribution in [2.75, 3.05) is 26.8 Å². The summed E-state index contributed by atoms with van der Waals surface area (Å²) in [6, 6.07) is -0.578. The van der Waals surface area contributed by atoms with Crippen LogP contribution in [0.2, 0.25) is 0 Å². The van der Waals surface area contributed by atoms with Gasteiger partial charge >= 0.3 is 5.97 Å². The molecule has 0 spiro atoms. The average molecular weight is 569 g/mol. The van der Waals surface area contributed by atoms with E-state index in [-0.39, 0.29) is 25.1 Å². The fraction of sp³-hybridized carbons (Fsp3) is 0.939. The Bertz CT molecular complexity index is 700. The Kier molecular flexibility index (Phi) is 18.3. The molecule has 0 aromatic heterocycles. The van der Waals surface area contributed by atoms with Gasteiger partial charge < -0.3 is 25.2 Å². The lowest BCUT2D eigenvalue weighted by Gasteiger charge is -2.31. The Morgan fingerprint density at radius 1 is 0.850 bits per heavy atom. The molecular formula is C33H64N2O5. The maximum absolute atomic E-state index is 12.8. The first kappa shape index (κ1) is 36.8. The van der Waals surface area contributed by atoms with E-state index in [4.69, 9.17) is 9.47 Å². The highest BCUT2D eigenvalue weighted by Crippen LogP contribution is 2.60. The molecule has 3 N–H and O–H groups in total. The van der Waals surface area contributed by atoms with Gasteiger partial charge in [0.05, 0.1) is 16.6 Å². The quantitative estimate of drug-likeness (QED) is 0.0781. The van der Waals surface area contributed by atoms with Crippen molar-refractivity contribution >= 4 is 11.9 Å². The molecule has 0 radical (unpaired) electrons. The highest BCUT2D eigenvalue weighted by atomic mass is 16.6. The van der Waals surface area contributed by atoms with Gasteiger partial charge in [-0.1, -0.05) is 103 Å². The summed E-state index contributed by atoms with van der Waals surface area (Å²) in [4.78, 5) is 25.4. The summed E-state index contributed by atoms with van der Waals surface area (Å²) in [6.07, 6.45) is 22.3. The predicted molar refractivity (Wildman–Crippen MR) is 164 cm³/mol. The Morgan fingerprint density at radius 2 is 1.32 bits per heavy atom. The molecule has 1 fully saturated rings. The molecule has 7 nitrogen and oxygen atoms in total. The molecule has 1 aliphatic rings. The third-order valence-corrected chi connectivity index (χ3v) is 8.77. The van der Waals surface area contributed by atoms with Crippen LogP contribution in [0.5, 0.6) is 0 Å². The molecular weight excluding hydrogens is 504 g/mol. The standard InChI is InChI=1S/C33H64N2O5/c1-7-8-9-10-11-12-13-14-15-16-17-18-19-20-21-22-24-35-29(37)28(34-6)26-39-30(38)32(4)27-33(32,5)40-31(2,3)23-25-36/h28,34,36H,7-27H2,1-6H3,(H,35,37). The second-order valence-electron chi connectivity index (χ2n) is 13.1. The van der Waals surface area contributed by atoms with Crippen LogP contribution in [0.4, 0.5) is 0 Å². The van der Waals surface area contributed by atoms with E-state index >= 15 is 0 Å². The third-order valence-electron chi connectivity index (χ3n) is 8.77. The van der Waals surface area contributed by atoms with Gasteiger partial charge in [-0.2, -0.15) is 0 Å². The normalized spacial score (nSPS) is 21.3. The lowest BCUT2D eigenvalue weighted by Crippen LogP contribution is -2.47. The van der Waals surface area contributed by atoms with Crippen LogP contribution >= 0.6 is 0 Å². The van der Waals surface area contributed by atoms with E-state index in [1.54, 1.807) is 7.05 Å². The van der Waals surface area contributed by atoms with Crippen molar-refractivity contribution in [1.82, 2.24) is 10.6 Å². The van der Waals surface area contributed by atoms with Crippen LogP contribution in [-0.2, 0) is 19.1 Å². The number of esters is 1. The number of hydrogen-bond acceptors (Lipinski definition) is 6. The van der Waals surface area contributed by atoms with Gasteiger partial charge in [-0.05, 0) is 54.0 Å². The number of aliphatic hydroxyl groups is 1. The van der Waals surface area contributed by atoms with E-state index in [0.717, 1.165) is 12.8 Å². The predicted octanol–water partition coefficient (Wildman–Crippen LogP) is 6.84. The van der Waals surface area contributed by atoms with Crippen molar-refractivity contribution in [3.8, 4) is 0 Å². The minimum Gasteiger partial charge on any atom is -0.463 e. The van der Waals surface area contributed by atoms with Crippen molar-refractivity contribution in [3.05, 3.63) is 0 Å². The first-order valence-corrected chi connectivity index (χ1v) is 16.5. The van der Waals surface area contributed by atoms with Crippen molar-refractivity contribution in [1.29, 1.82) is 0 Å². The second kappa shape index (κ2) is 19.9. The lowest BCUT2D eigenvalue weighted by atomic mass is 10.0. The highest BCUT2D eigenvalue weighted by molar-refractivity contribution is 5.84. The molecule has 0 aliphatic heterocycles. The molecule has 1 amide bonds. The van der Waals surface area contributed by atoms with Crippen molar-refractivity contribution in [2.45, 2.75) is 167 Å². The number of aliphatic hydroxyl groups excluding tert-OH is 1. The fourth-order valence-electron chi connectivity index (χ4n) is 5.61. The van der Waals surface area contributed by atoms with Gasteiger partial charge in [0.25, 0.3) is 0 Å². The van der Waals surface area contributed by atoms with Crippen LogP contribution in [0.1, 0.15) is 150 Å². The maximum Gasteiger partial charge on any atom is 0.314 e. The molecule has 3 unspecified atom stereocenters. The minimum atomic E-state index is -0.748. The topological polar surface area (TPSA) is 96.9 Å². The first-order chi connectivity index (χ1) is 19.0. The number of unbranched alkanes of at least 4 members (excludes halogenated alkanes) is 15. The molecule has 1 aliphatic carbocycles. The molecule has 0 bridgehead atoms. The largest absolute Gasteiger partial charge is 0.463 e. The van der Waals surface area contributed by atoms with Gasteiger partial charge in [0, 0.05) is 13.2 Å². The maximum atomic E-state index is 12.8. The molecule has 3 atom stereocenters. The molecule has 7 heteroatoms. The first-order valence-electron chi connectivity index (χ1n) is 16.5. The molecule has 236 valence electrons. The smallest absolute Gasteiger partial charge is 0.314 e. The number of hydrogen-bond donors (Lipinski definition) is 3. The fourth-order valence-corrected chi connectivity index (χ4v) is 5.61. The Morgan fingerprint density at radius 3 is 1.77 bits per heavy atom. The summed E-state index contributed by atoms with van der Waals surface area (Å²) in [6.45, 7) is 10.5. The van der Waals surface area contributed by atoms with Gasteiger partial charge in [0.15, 0.2) is 0 Å². The number of amides is 1. The van der Waals surface area contributed by atoms with Crippen LogP contribution in [0.25, 0.3) is 0 Å². The molecule has 0 saturated heterocycles. The summed E-state index contributed by atoms with van der Waals surface area (Å²) >= 11 is 0. The number of rotatable bonds is 26. The zero-order valence-electron chi connectivity index (χ0n) is 27.0. The summed E-state index contributed by atoms with van der Waals surface area (Å²) in [5, 5.41) is 15.2. The number of likely N-dealkylation sites (N-methyl/N-ethyl adjacent to an activating group) is 1. The zero-order chi connectivity index (χ0) is 29.9. The summed E-state index contributed by atoms with van der Waals surface area (Å²) in [7, 11) is 1.70. The zero-order valence-corrected chi connectivity index (χ0v) is 27.0. The van der Waals surface area contributed by atoms with Crippen LogP contribution in [0.3, 0.4) is 0 Å². The second-order valence-corrected chi connectivity index (χ2v) is 13.1. The lowest BCUT2D eigenvalue weighted by molar-refractivity contribution is -0.160. The van der Waals surface area contributed by atoms with Gasteiger partial charge in [-0.3, -0.25) is 9.59 Å². The highest BCUT2D eigenvalue weighted by Gasteiger charge is 2.69. The Labute approximate surface area is 246 Å². The molecule has 0 aromatic carbocycles. The van der Waals surface area contributed by atoms with Gasteiger partial charge in [0.1, 0.15) is 12.6 Å². The Hall–Kier alpha value is -1.18. The van der Waals surface area contributed by atoms with Crippen LogP contribution in [0.15, 0.2) is 0 Å². The monoisotopic (exact) mass is 568 g/mol. The summed E-state index contributed by atoms with van der Waals surface area (Å²) in [5.41, 5.74) is -1.91. The van der Waals surface area contributed by atoms with Crippen molar-refractivity contribution in [2.24, 2.45) is 5.41 Å².